The molecule has 2 heterocycles. The average molecular weight is 531 g/mol. The van der Waals surface area contributed by atoms with Crippen molar-refractivity contribution in [1.29, 1.82) is 0 Å². The molecule has 4 aromatic carbocycles. The van der Waals surface area contributed by atoms with Gasteiger partial charge in [0.2, 0.25) is 0 Å². The molecular weight excluding hydrogens is 492 g/mol. The van der Waals surface area contributed by atoms with Gasteiger partial charge in [-0.2, -0.15) is 0 Å². The molecule has 2 saturated heterocycles. The summed E-state index contributed by atoms with van der Waals surface area (Å²) in [6.07, 6.45) is 0. The molecule has 2 aliphatic heterocycles. The molecule has 2 fully saturated rings. The molecule has 0 aromatic heterocycles. The fraction of sp³-hybridized carbons (Fsp3) is 0.294. The van der Waals surface area contributed by atoms with E-state index in [4.69, 9.17) is 11.3 Å². The second-order valence-electron chi connectivity index (χ2n) is 11.6. The summed E-state index contributed by atoms with van der Waals surface area (Å²) in [5, 5.41) is 3.92. The maximum absolute atomic E-state index is 8.67. The van der Waals surface area contributed by atoms with Gasteiger partial charge >= 0.3 is 0 Å². The van der Waals surface area contributed by atoms with Gasteiger partial charge in [-0.15, -0.1) is 0 Å². The van der Waals surface area contributed by atoms with Crippen LogP contribution in [0.15, 0.2) is 126 Å². The molecule has 2 aliphatic rings. The molecular formula is C34H38N6. The van der Waals surface area contributed by atoms with E-state index in [1.165, 1.54) is 22.3 Å². The summed E-state index contributed by atoms with van der Waals surface area (Å²) < 4.78 is 0. The lowest BCUT2D eigenvalue weighted by atomic mass is 9.87. The van der Waals surface area contributed by atoms with Crippen molar-refractivity contribution in [2.75, 3.05) is 26.2 Å². The molecule has 0 saturated carbocycles. The first-order valence-electron chi connectivity index (χ1n) is 13.9. The largest absolute Gasteiger partial charge is 0.323 e. The zero-order chi connectivity index (χ0) is 28.0. The molecule has 0 atom stereocenters. The zero-order valence-electron chi connectivity index (χ0n) is 23.3. The highest BCUT2D eigenvalue weighted by Gasteiger charge is 2.42. The maximum atomic E-state index is 8.67. The number of nitrogens with zero attached hydrogens (tertiary/aromatic N) is 5. The Morgan fingerprint density at radius 2 is 0.900 bits per heavy atom. The smallest absolute Gasteiger partial charge is 0.0714 e. The summed E-state index contributed by atoms with van der Waals surface area (Å²) in [4.78, 5) is 7.78. The third-order valence-electron chi connectivity index (χ3n) is 7.69. The molecule has 6 rings (SSSR count). The summed E-state index contributed by atoms with van der Waals surface area (Å²) >= 11 is 0. The van der Waals surface area contributed by atoms with Crippen molar-refractivity contribution < 1.29 is 0 Å². The van der Waals surface area contributed by atoms with Gasteiger partial charge in [0.15, 0.2) is 0 Å². The van der Waals surface area contributed by atoms with Crippen molar-refractivity contribution in [1.82, 2.24) is 9.80 Å². The number of hydrogen-bond acceptors (Lipinski definition) is 4. The van der Waals surface area contributed by atoms with E-state index >= 15 is 0 Å². The van der Waals surface area contributed by atoms with Crippen molar-refractivity contribution in [3.05, 3.63) is 154 Å². The van der Waals surface area contributed by atoms with E-state index in [0.717, 1.165) is 26.2 Å². The van der Waals surface area contributed by atoms with Crippen LogP contribution in [0, 0.1) is 0 Å². The minimum Gasteiger partial charge on any atom is -0.323 e. The topological polar surface area (TPSA) is 81.3 Å². The minimum atomic E-state index is -0.281. The van der Waals surface area contributed by atoms with Crippen molar-refractivity contribution in [2.45, 2.75) is 37.0 Å². The first-order chi connectivity index (χ1) is 19.4. The molecule has 40 heavy (non-hydrogen) atoms. The summed E-state index contributed by atoms with van der Waals surface area (Å²) in [6, 6.07) is 42.8. The Labute approximate surface area is 237 Å². The van der Waals surface area contributed by atoms with Gasteiger partial charge in [0.05, 0.1) is 17.6 Å². The van der Waals surface area contributed by atoms with Crippen LogP contribution in [0.4, 0.5) is 0 Å². The number of hydrogen-bond donors (Lipinski definition) is 1. The van der Waals surface area contributed by atoms with Crippen LogP contribution in [0.25, 0.3) is 10.4 Å². The van der Waals surface area contributed by atoms with Gasteiger partial charge in [0.25, 0.3) is 0 Å². The SMILES string of the molecule is CC1(N)CN(C(c2ccccc2)c2ccccc2)C1.CC1(N=[N+]=[N-])CN(C(c2ccccc2)c2ccccc2)C1. The van der Waals surface area contributed by atoms with Gasteiger partial charge in [0, 0.05) is 36.6 Å². The van der Waals surface area contributed by atoms with E-state index in [1.54, 1.807) is 0 Å². The second kappa shape index (κ2) is 12.1. The molecule has 2 N–H and O–H groups in total. The summed E-state index contributed by atoms with van der Waals surface area (Å²) in [7, 11) is 0. The number of benzene rings is 4. The lowest BCUT2D eigenvalue weighted by Crippen LogP contribution is -2.65. The molecule has 0 spiro atoms. The van der Waals surface area contributed by atoms with Crippen LogP contribution in [-0.2, 0) is 0 Å². The third-order valence-corrected chi connectivity index (χ3v) is 7.69. The highest BCUT2D eigenvalue weighted by Crippen LogP contribution is 2.37. The van der Waals surface area contributed by atoms with E-state index in [2.05, 4.69) is 136 Å². The number of likely N-dealkylation sites (tertiary alicyclic amines) is 2. The van der Waals surface area contributed by atoms with E-state index in [1.807, 2.05) is 19.1 Å². The second-order valence-corrected chi connectivity index (χ2v) is 11.6. The van der Waals surface area contributed by atoms with Crippen LogP contribution in [0.2, 0.25) is 0 Å². The van der Waals surface area contributed by atoms with E-state index in [-0.39, 0.29) is 17.1 Å². The van der Waals surface area contributed by atoms with Crippen LogP contribution in [0.5, 0.6) is 0 Å². The molecule has 6 heteroatoms. The van der Waals surface area contributed by atoms with Gasteiger partial charge < -0.3 is 5.73 Å². The van der Waals surface area contributed by atoms with Crippen molar-refractivity contribution in [3.63, 3.8) is 0 Å². The Bertz CT molecular complexity index is 1310. The lowest BCUT2D eigenvalue weighted by molar-refractivity contribution is 0.0544. The summed E-state index contributed by atoms with van der Waals surface area (Å²) in [5.74, 6) is 0. The van der Waals surface area contributed by atoms with E-state index < -0.39 is 0 Å². The quantitative estimate of drug-likeness (QED) is 0.159. The number of azide groups is 1. The Kier molecular flexibility index (Phi) is 8.34. The van der Waals surface area contributed by atoms with E-state index in [0.29, 0.717) is 6.04 Å². The first-order valence-corrected chi connectivity index (χ1v) is 13.9. The average Bonchev–Trinajstić information content (AvgIpc) is 2.94. The maximum Gasteiger partial charge on any atom is 0.0714 e. The predicted molar refractivity (Wildman–Crippen MR) is 163 cm³/mol. The van der Waals surface area contributed by atoms with Gasteiger partial charge in [-0.05, 0) is 34.7 Å². The van der Waals surface area contributed by atoms with Crippen LogP contribution < -0.4 is 5.73 Å². The fourth-order valence-electron chi connectivity index (χ4n) is 6.02. The van der Waals surface area contributed by atoms with Gasteiger partial charge in [-0.25, -0.2) is 0 Å². The molecule has 6 nitrogen and oxygen atoms in total. The molecule has 0 radical (unpaired) electrons. The normalized spacial score (nSPS) is 17.6. The Hall–Kier alpha value is -3.93. The van der Waals surface area contributed by atoms with Crippen LogP contribution >= 0.6 is 0 Å². The predicted octanol–water partition coefficient (Wildman–Crippen LogP) is 6.97. The van der Waals surface area contributed by atoms with Crippen molar-refractivity contribution in [2.24, 2.45) is 10.8 Å². The van der Waals surface area contributed by atoms with Gasteiger partial charge in [0.1, 0.15) is 0 Å². The zero-order valence-corrected chi connectivity index (χ0v) is 23.3. The van der Waals surface area contributed by atoms with Crippen molar-refractivity contribution >= 4 is 0 Å². The Morgan fingerprint density at radius 3 is 1.18 bits per heavy atom. The van der Waals surface area contributed by atoms with Gasteiger partial charge in [-0.3, -0.25) is 9.80 Å². The monoisotopic (exact) mass is 530 g/mol. The summed E-state index contributed by atoms with van der Waals surface area (Å²) in [6.45, 7) is 7.59. The molecule has 4 aromatic rings. The summed E-state index contributed by atoms with van der Waals surface area (Å²) in [5.41, 5.74) is 19.7. The Morgan fingerprint density at radius 1 is 0.600 bits per heavy atom. The lowest BCUT2D eigenvalue weighted by Gasteiger charge is -2.49. The Balaban J connectivity index is 0.000000162. The third kappa shape index (κ3) is 6.44. The molecule has 204 valence electrons. The fourth-order valence-corrected chi connectivity index (χ4v) is 6.02. The van der Waals surface area contributed by atoms with Crippen LogP contribution in [0.1, 0.15) is 48.2 Å². The standard InChI is InChI=1S/C17H18N4.C17H20N2/c1-17(19-20-18)12-21(13-17)16(14-8-4-2-5-9-14)15-10-6-3-7-11-15;1-17(18)12-19(13-17)16(14-8-4-2-5-9-14)15-10-6-3-7-11-15/h2-11,16H,12-13H2,1H3;2-11,16H,12-13,18H2,1H3. The van der Waals surface area contributed by atoms with Gasteiger partial charge in [-0.1, -0.05) is 133 Å². The van der Waals surface area contributed by atoms with Crippen molar-refractivity contribution in [3.8, 4) is 0 Å². The van der Waals surface area contributed by atoms with Crippen LogP contribution in [-0.4, -0.2) is 47.1 Å². The van der Waals surface area contributed by atoms with E-state index in [9.17, 15) is 0 Å². The molecule has 0 amide bonds. The number of nitrogens with two attached hydrogens (primary N) is 1. The molecule has 0 unspecified atom stereocenters. The molecule has 0 aliphatic carbocycles. The minimum absolute atomic E-state index is 0.0399. The highest BCUT2D eigenvalue weighted by atomic mass is 15.3. The molecule has 0 bridgehead atoms. The number of rotatable bonds is 7. The highest BCUT2D eigenvalue weighted by molar-refractivity contribution is 5.34. The van der Waals surface area contributed by atoms with Crippen LogP contribution in [0.3, 0.4) is 0 Å². The first kappa shape index (κ1) is 27.6.